The fourth-order valence-electron chi connectivity index (χ4n) is 4.04. The molecule has 1 amide bonds. The molecule has 1 unspecified atom stereocenters. The number of H-pyrrole nitrogens is 1. The van der Waals surface area contributed by atoms with E-state index < -0.39 is 17.7 Å². The summed E-state index contributed by atoms with van der Waals surface area (Å²) in [5.41, 5.74) is 3.01. The molecule has 2 aromatic heterocycles. The summed E-state index contributed by atoms with van der Waals surface area (Å²) in [4.78, 5) is 31.7. The third-order valence-corrected chi connectivity index (χ3v) is 6.40. The van der Waals surface area contributed by atoms with Gasteiger partial charge in [0.05, 0.1) is 5.57 Å². The molecule has 0 radical (unpaired) electrons. The molecule has 5 rings (SSSR count). The Morgan fingerprint density at radius 1 is 1.03 bits per heavy atom. The highest BCUT2D eigenvalue weighted by atomic mass is 32.1. The fourth-order valence-corrected chi connectivity index (χ4v) is 4.87. The standard InChI is InChI=1S/C24H18N2O3S/c1-14-7-2-5-10-18(14)26-21(19-11-6-12-30-19)20(23(28)24(26)29)22(27)16-13-25-17-9-4-3-8-15(16)17/h2-13,21,25,27H,1H3/b22-20-. The van der Waals surface area contributed by atoms with E-state index in [1.807, 2.05) is 73.0 Å². The second kappa shape index (κ2) is 7.00. The van der Waals surface area contributed by atoms with Crippen LogP contribution in [0.4, 0.5) is 5.69 Å². The molecule has 0 bridgehead atoms. The van der Waals surface area contributed by atoms with Gasteiger partial charge in [0.15, 0.2) is 0 Å². The number of aromatic amines is 1. The number of para-hydroxylation sites is 2. The minimum absolute atomic E-state index is 0.107. The number of carbonyl (C=O) groups is 2. The molecule has 2 N–H and O–H groups in total. The van der Waals surface area contributed by atoms with Crippen LogP contribution < -0.4 is 4.90 Å². The van der Waals surface area contributed by atoms with Crippen molar-refractivity contribution >= 4 is 45.4 Å². The molecule has 4 aromatic rings. The Kier molecular flexibility index (Phi) is 4.29. The van der Waals surface area contributed by atoms with Crippen molar-refractivity contribution in [1.29, 1.82) is 0 Å². The number of thiophene rings is 1. The fraction of sp³-hybridized carbons (Fsp3) is 0.0833. The number of amides is 1. The number of hydrogen-bond donors (Lipinski definition) is 2. The average Bonchev–Trinajstić information content (AvgIpc) is 3.48. The lowest BCUT2D eigenvalue weighted by Gasteiger charge is -2.25. The summed E-state index contributed by atoms with van der Waals surface area (Å²) in [6.07, 6.45) is 1.67. The topological polar surface area (TPSA) is 73.4 Å². The summed E-state index contributed by atoms with van der Waals surface area (Å²) >= 11 is 1.45. The number of aryl methyl sites for hydroxylation is 1. The van der Waals surface area contributed by atoms with Crippen LogP contribution in [0.3, 0.4) is 0 Å². The molecule has 0 aliphatic carbocycles. The lowest BCUT2D eigenvalue weighted by Crippen LogP contribution is -2.29. The van der Waals surface area contributed by atoms with Crippen molar-refractivity contribution < 1.29 is 14.7 Å². The molecule has 30 heavy (non-hydrogen) atoms. The zero-order valence-corrected chi connectivity index (χ0v) is 16.9. The second-order valence-electron chi connectivity index (χ2n) is 7.22. The number of nitrogens with one attached hydrogen (secondary N) is 1. The van der Waals surface area contributed by atoms with E-state index >= 15 is 0 Å². The Labute approximate surface area is 176 Å². The molecule has 1 aliphatic rings. The van der Waals surface area contributed by atoms with Crippen LogP contribution >= 0.6 is 11.3 Å². The Bertz CT molecular complexity index is 1320. The van der Waals surface area contributed by atoms with E-state index in [2.05, 4.69) is 4.98 Å². The van der Waals surface area contributed by atoms with E-state index in [0.717, 1.165) is 21.3 Å². The number of benzene rings is 2. The molecule has 6 heteroatoms. The van der Waals surface area contributed by atoms with Crippen molar-refractivity contribution in [1.82, 2.24) is 4.98 Å². The van der Waals surface area contributed by atoms with Crippen LogP contribution in [0.5, 0.6) is 0 Å². The van der Waals surface area contributed by atoms with Gasteiger partial charge in [-0.05, 0) is 36.1 Å². The largest absolute Gasteiger partial charge is 0.507 e. The molecule has 1 atom stereocenters. The first-order chi connectivity index (χ1) is 14.6. The van der Waals surface area contributed by atoms with Gasteiger partial charge < -0.3 is 10.1 Å². The summed E-state index contributed by atoms with van der Waals surface area (Å²) in [5.74, 6) is -1.48. The number of nitrogens with zero attached hydrogens (tertiary/aromatic N) is 1. The number of rotatable bonds is 3. The highest BCUT2D eigenvalue weighted by Crippen LogP contribution is 2.44. The number of hydrogen-bond acceptors (Lipinski definition) is 4. The van der Waals surface area contributed by atoms with E-state index in [1.165, 1.54) is 16.2 Å². The van der Waals surface area contributed by atoms with E-state index in [0.29, 0.717) is 11.3 Å². The van der Waals surface area contributed by atoms with Crippen molar-refractivity contribution in [2.24, 2.45) is 0 Å². The maximum atomic E-state index is 13.2. The van der Waals surface area contributed by atoms with E-state index in [1.54, 1.807) is 6.20 Å². The summed E-state index contributed by atoms with van der Waals surface area (Å²) < 4.78 is 0. The number of anilines is 1. The SMILES string of the molecule is Cc1ccccc1N1C(=O)C(=O)/C(=C(\O)c2c[nH]c3ccccc23)C1c1cccs1. The van der Waals surface area contributed by atoms with Crippen molar-refractivity contribution in [3.8, 4) is 0 Å². The molecule has 0 saturated carbocycles. The number of aliphatic hydroxyl groups is 1. The summed E-state index contributed by atoms with van der Waals surface area (Å²) in [6.45, 7) is 1.90. The Morgan fingerprint density at radius 3 is 2.57 bits per heavy atom. The zero-order chi connectivity index (χ0) is 20.8. The maximum absolute atomic E-state index is 13.2. The third kappa shape index (κ3) is 2.69. The van der Waals surface area contributed by atoms with Gasteiger partial charge in [0.1, 0.15) is 11.8 Å². The lowest BCUT2D eigenvalue weighted by atomic mass is 9.99. The minimum atomic E-state index is -0.681. The maximum Gasteiger partial charge on any atom is 0.300 e. The number of aromatic nitrogens is 1. The number of Topliss-reactive ketones (excluding diaryl/α,β-unsaturated/α-hetero) is 1. The molecule has 2 aromatic carbocycles. The smallest absolute Gasteiger partial charge is 0.300 e. The number of fused-ring (bicyclic) bond motifs is 1. The molecular weight excluding hydrogens is 396 g/mol. The molecule has 5 nitrogen and oxygen atoms in total. The molecular formula is C24H18N2O3S. The second-order valence-corrected chi connectivity index (χ2v) is 8.20. The van der Waals surface area contributed by atoms with Gasteiger partial charge in [0.25, 0.3) is 11.7 Å². The number of ketones is 1. The van der Waals surface area contributed by atoms with Gasteiger partial charge in [-0.25, -0.2) is 0 Å². The van der Waals surface area contributed by atoms with Gasteiger partial charge in [-0.1, -0.05) is 42.5 Å². The molecule has 1 aliphatic heterocycles. The Balaban J connectivity index is 1.77. The average molecular weight is 414 g/mol. The number of carbonyl (C=O) groups excluding carboxylic acids is 2. The van der Waals surface area contributed by atoms with Crippen LogP contribution in [-0.4, -0.2) is 21.8 Å². The predicted molar refractivity (Wildman–Crippen MR) is 119 cm³/mol. The van der Waals surface area contributed by atoms with Crippen LogP contribution in [-0.2, 0) is 9.59 Å². The van der Waals surface area contributed by atoms with Gasteiger partial charge >= 0.3 is 0 Å². The Hall–Kier alpha value is -3.64. The van der Waals surface area contributed by atoms with Gasteiger partial charge in [-0.3, -0.25) is 14.5 Å². The molecule has 1 saturated heterocycles. The van der Waals surface area contributed by atoms with Gasteiger partial charge in [-0.2, -0.15) is 0 Å². The van der Waals surface area contributed by atoms with E-state index in [4.69, 9.17) is 0 Å². The molecule has 148 valence electrons. The quantitative estimate of drug-likeness (QED) is 0.276. The van der Waals surface area contributed by atoms with Crippen LogP contribution in [0.15, 0.2) is 77.8 Å². The lowest BCUT2D eigenvalue weighted by molar-refractivity contribution is -0.132. The zero-order valence-electron chi connectivity index (χ0n) is 16.1. The predicted octanol–water partition coefficient (Wildman–Crippen LogP) is 5.16. The van der Waals surface area contributed by atoms with Crippen LogP contribution in [0.2, 0.25) is 0 Å². The summed E-state index contributed by atoms with van der Waals surface area (Å²) in [6, 6.07) is 18.1. The Morgan fingerprint density at radius 2 is 1.80 bits per heavy atom. The first-order valence-corrected chi connectivity index (χ1v) is 10.4. The minimum Gasteiger partial charge on any atom is -0.507 e. The number of aliphatic hydroxyl groups excluding tert-OH is 1. The van der Waals surface area contributed by atoms with E-state index in [9.17, 15) is 14.7 Å². The van der Waals surface area contributed by atoms with Crippen molar-refractivity contribution in [3.63, 3.8) is 0 Å². The molecule has 1 fully saturated rings. The van der Waals surface area contributed by atoms with Crippen LogP contribution in [0, 0.1) is 6.92 Å². The van der Waals surface area contributed by atoms with Gasteiger partial charge in [0, 0.05) is 33.2 Å². The highest BCUT2D eigenvalue weighted by Gasteiger charge is 2.47. The summed E-state index contributed by atoms with van der Waals surface area (Å²) in [5, 5.41) is 14.0. The van der Waals surface area contributed by atoms with Crippen LogP contribution in [0.1, 0.15) is 22.0 Å². The van der Waals surface area contributed by atoms with Gasteiger partial charge in [-0.15, -0.1) is 11.3 Å². The molecule has 0 spiro atoms. The first kappa shape index (κ1) is 18.4. The summed E-state index contributed by atoms with van der Waals surface area (Å²) in [7, 11) is 0. The van der Waals surface area contributed by atoms with Gasteiger partial charge in [0.2, 0.25) is 0 Å². The van der Waals surface area contributed by atoms with E-state index in [-0.39, 0.29) is 11.3 Å². The van der Waals surface area contributed by atoms with Crippen molar-refractivity contribution in [2.45, 2.75) is 13.0 Å². The molecule has 3 heterocycles. The monoisotopic (exact) mass is 414 g/mol. The third-order valence-electron chi connectivity index (χ3n) is 5.48. The first-order valence-electron chi connectivity index (χ1n) is 9.54. The van der Waals surface area contributed by atoms with Crippen molar-refractivity contribution in [2.75, 3.05) is 4.90 Å². The van der Waals surface area contributed by atoms with Crippen molar-refractivity contribution in [3.05, 3.63) is 93.8 Å². The normalized spacial score (nSPS) is 18.4. The highest BCUT2D eigenvalue weighted by molar-refractivity contribution is 7.10. The van der Waals surface area contributed by atoms with Crippen LogP contribution in [0.25, 0.3) is 16.7 Å².